The summed E-state index contributed by atoms with van der Waals surface area (Å²) >= 11 is 0. The third kappa shape index (κ3) is 7.50. The molecule has 0 saturated heterocycles. The Morgan fingerprint density at radius 3 is 1.67 bits per heavy atom. The van der Waals surface area contributed by atoms with Gasteiger partial charge in [0.2, 0.25) is 0 Å². The van der Waals surface area contributed by atoms with Crippen LogP contribution in [-0.2, 0) is 26.2 Å². The van der Waals surface area contributed by atoms with Crippen molar-refractivity contribution >= 4 is 31.1 Å². The van der Waals surface area contributed by atoms with Gasteiger partial charge in [0, 0.05) is 9.52 Å². The topological polar surface area (TPSA) is 0 Å². The van der Waals surface area contributed by atoms with E-state index in [4.69, 9.17) is 0 Å². The van der Waals surface area contributed by atoms with Crippen LogP contribution < -0.4 is 0 Å². The number of fused-ring (bicyclic) bond motifs is 2. The molecule has 7 aromatic rings. The number of hydrogen-bond acceptors (Lipinski definition) is 0. The first kappa shape index (κ1) is 32.3. The van der Waals surface area contributed by atoms with Crippen LogP contribution in [0.4, 0.5) is 0 Å². The second kappa shape index (κ2) is 15.2. The van der Waals surface area contributed by atoms with Gasteiger partial charge in [0.1, 0.15) is 0 Å². The molecule has 0 aromatic heterocycles. The Hall–Kier alpha value is -3.58. The molecule has 0 aliphatic carbocycles. The summed E-state index contributed by atoms with van der Waals surface area (Å²) in [6.07, 6.45) is 0. The molecular weight excluding hydrogens is 612 g/mol. The van der Waals surface area contributed by atoms with E-state index in [-0.39, 0.29) is 26.2 Å². The monoisotopic (exact) mass is 648 g/mol. The molecule has 43 heavy (non-hydrogen) atoms. The van der Waals surface area contributed by atoms with Gasteiger partial charge in [0.25, 0.3) is 0 Å². The molecule has 0 saturated carbocycles. The van der Waals surface area contributed by atoms with Crippen molar-refractivity contribution in [2.45, 2.75) is 33.9 Å². The maximum Gasteiger partial charge on any atom is 2.00 e. The second-order valence-corrected chi connectivity index (χ2v) is 11.9. The minimum absolute atomic E-state index is 0. The zero-order valence-corrected chi connectivity index (χ0v) is 29.2. The van der Waals surface area contributed by atoms with E-state index in [0.717, 1.165) is 9.52 Å². The summed E-state index contributed by atoms with van der Waals surface area (Å²) in [5, 5.41) is 5.38. The fourth-order valence-electron chi connectivity index (χ4n) is 5.62. The van der Waals surface area contributed by atoms with E-state index >= 15 is 0 Å². The first-order valence-electron chi connectivity index (χ1n) is 14.6. The molecule has 0 bridgehead atoms. The number of hydrogen-bond donors (Lipinski definition) is 0. The Morgan fingerprint density at radius 1 is 0.488 bits per heavy atom. The zero-order valence-electron chi connectivity index (χ0n) is 25.8. The van der Waals surface area contributed by atoms with Gasteiger partial charge < -0.3 is 0 Å². The summed E-state index contributed by atoms with van der Waals surface area (Å²) in [5.74, 6) is 0. The first-order valence-corrected chi connectivity index (χ1v) is 16.6. The molecule has 7 rings (SSSR count). The fraction of sp³-hybridized carbons (Fsp3) is 0.122. The SMILES string of the molecule is C[Si]C.Cc1cc2c(-c3ccccc3)ccc(C)c2[cH-]1.Cc1ccccc1-c1cc2c(-c3ccccc3)cccc2[cH-]1.[Zr+2]. The van der Waals surface area contributed by atoms with Crippen LogP contribution in [0.15, 0.2) is 140 Å². The number of aryl methyl sites for hydroxylation is 3. The molecule has 0 amide bonds. The molecule has 0 spiro atoms. The standard InChI is InChI=1S/C22H17.C17H15.C2H6Si.Zr/c1-16-8-5-6-12-20(16)19-14-18-11-7-13-21(22(18)15-19)17-9-3-2-4-10-17;1-12-10-16-13(2)8-9-15(17(16)11-12)14-6-4-3-5-7-14;1-3-2;/h2-15H,1H3;3-11H,1-2H3;1-2H3;/q2*-1;;+2. The van der Waals surface area contributed by atoms with E-state index in [1.165, 1.54) is 71.6 Å². The second-order valence-electron chi connectivity index (χ2n) is 10.9. The third-order valence-electron chi connectivity index (χ3n) is 7.63. The summed E-state index contributed by atoms with van der Waals surface area (Å²) < 4.78 is 0. The van der Waals surface area contributed by atoms with Gasteiger partial charge in [-0.15, -0.1) is 68.6 Å². The summed E-state index contributed by atoms with van der Waals surface area (Å²) in [4.78, 5) is 0. The van der Waals surface area contributed by atoms with Crippen LogP contribution in [0.2, 0.25) is 13.1 Å². The zero-order chi connectivity index (χ0) is 29.5. The molecule has 0 aliphatic rings. The molecule has 0 unspecified atom stereocenters. The maximum absolute atomic E-state index is 2.32. The molecule has 7 aromatic carbocycles. The fourth-order valence-corrected chi connectivity index (χ4v) is 5.62. The molecule has 2 radical (unpaired) electrons. The van der Waals surface area contributed by atoms with Gasteiger partial charge >= 0.3 is 26.2 Å². The van der Waals surface area contributed by atoms with Crippen LogP contribution in [-0.4, -0.2) is 9.52 Å². The first-order chi connectivity index (χ1) is 20.5. The van der Waals surface area contributed by atoms with Crippen molar-refractivity contribution in [1.82, 2.24) is 0 Å². The Bertz CT molecular complexity index is 1890. The predicted octanol–water partition coefficient (Wildman–Crippen LogP) is 11.8. The summed E-state index contributed by atoms with van der Waals surface area (Å²) in [6.45, 7) is 10.8. The van der Waals surface area contributed by atoms with Gasteiger partial charge in [-0.05, 0) is 18.1 Å². The molecule has 0 fully saturated rings. The Morgan fingerprint density at radius 2 is 1.05 bits per heavy atom. The van der Waals surface area contributed by atoms with Crippen LogP contribution >= 0.6 is 0 Å². The summed E-state index contributed by atoms with van der Waals surface area (Å²) in [6, 6.07) is 49.9. The van der Waals surface area contributed by atoms with Gasteiger partial charge in [0.15, 0.2) is 0 Å². The number of rotatable bonds is 3. The molecule has 0 atom stereocenters. The van der Waals surface area contributed by atoms with E-state index in [2.05, 4.69) is 173 Å². The van der Waals surface area contributed by atoms with Gasteiger partial charge in [0.05, 0.1) is 0 Å². The van der Waals surface area contributed by atoms with Crippen molar-refractivity contribution in [3.05, 3.63) is 156 Å². The van der Waals surface area contributed by atoms with E-state index < -0.39 is 0 Å². The largest absolute Gasteiger partial charge is 2.00 e. The van der Waals surface area contributed by atoms with Gasteiger partial charge in [-0.3, -0.25) is 0 Å². The van der Waals surface area contributed by atoms with E-state index in [1.54, 1.807) is 0 Å². The van der Waals surface area contributed by atoms with Crippen molar-refractivity contribution in [2.24, 2.45) is 0 Å². The average Bonchev–Trinajstić information content (AvgIpc) is 3.63. The normalized spacial score (nSPS) is 10.3. The molecule has 0 heterocycles. The Labute approximate surface area is 279 Å². The molecule has 0 aliphatic heterocycles. The van der Waals surface area contributed by atoms with Crippen LogP contribution in [0.1, 0.15) is 16.7 Å². The third-order valence-corrected chi connectivity index (χ3v) is 7.63. The van der Waals surface area contributed by atoms with Gasteiger partial charge in [-0.25, -0.2) is 0 Å². The van der Waals surface area contributed by atoms with Crippen LogP contribution in [0.5, 0.6) is 0 Å². The average molecular weight is 650 g/mol. The summed E-state index contributed by atoms with van der Waals surface area (Å²) in [7, 11) is 1.08. The van der Waals surface area contributed by atoms with Crippen molar-refractivity contribution < 1.29 is 26.2 Å². The Kier molecular flexibility index (Phi) is 11.5. The van der Waals surface area contributed by atoms with Crippen LogP contribution in [0.25, 0.3) is 54.9 Å². The molecule has 210 valence electrons. The van der Waals surface area contributed by atoms with Crippen LogP contribution in [0, 0.1) is 20.8 Å². The molecule has 2 heteroatoms. The molecular formula is C41H38SiZr. The van der Waals surface area contributed by atoms with E-state index in [9.17, 15) is 0 Å². The van der Waals surface area contributed by atoms with Crippen molar-refractivity contribution in [3.8, 4) is 33.4 Å². The minimum Gasteiger partial charge on any atom is -0.165 e. The van der Waals surface area contributed by atoms with Crippen molar-refractivity contribution in [2.75, 3.05) is 0 Å². The smallest absolute Gasteiger partial charge is 0.165 e. The van der Waals surface area contributed by atoms with Gasteiger partial charge in [-0.1, -0.05) is 152 Å². The summed E-state index contributed by atoms with van der Waals surface area (Å²) in [5.41, 5.74) is 11.8. The quantitative estimate of drug-likeness (QED) is 0.132. The molecule has 0 N–H and O–H groups in total. The van der Waals surface area contributed by atoms with Crippen molar-refractivity contribution in [3.63, 3.8) is 0 Å². The van der Waals surface area contributed by atoms with Gasteiger partial charge in [-0.2, -0.15) is 6.07 Å². The van der Waals surface area contributed by atoms with E-state index in [1.807, 2.05) is 0 Å². The maximum atomic E-state index is 2.32. The number of benzene rings is 5. The predicted molar refractivity (Wildman–Crippen MR) is 187 cm³/mol. The van der Waals surface area contributed by atoms with Crippen molar-refractivity contribution in [1.29, 1.82) is 0 Å². The van der Waals surface area contributed by atoms with Crippen LogP contribution in [0.3, 0.4) is 0 Å². The minimum atomic E-state index is 0. The molecule has 0 nitrogen and oxygen atoms in total. The van der Waals surface area contributed by atoms with E-state index in [0.29, 0.717) is 0 Å². The Balaban J connectivity index is 0.000000181.